The number of aliphatic hydroxyl groups excluding tert-OH is 1. The second kappa shape index (κ2) is 11.5. The minimum absolute atomic E-state index is 0.0232. The van der Waals surface area contributed by atoms with Crippen LogP contribution in [0.15, 0.2) is 48.8 Å². The van der Waals surface area contributed by atoms with E-state index in [0.29, 0.717) is 5.56 Å². The molecule has 10 heteroatoms. The summed E-state index contributed by atoms with van der Waals surface area (Å²) in [5, 5.41) is 37.7. The fraction of sp³-hybridized carbons (Fsp3) is 0.536. The van der Waals surface area contributed by atoms with Gasteiger partial charge in [-0.3, -0.25) is 0 Å². The van der Waals surface area contributed by atoms with E-state index in [1.807, 2.05) is 0 Å². The predicted octanol–water partition coefficient (Wildman–Crippen LogP) is 4.14. The second-order valence-corrected chi connectivity index (χ2v) is 11.5. The molecule has 0 radical (unpaired) electrons. The number of tetrazole rings is 1. The summed E-state index contributed by atoms with van der Waals surface area (Å²) < 4.78 is 29.2. The maximum Gasteiger partial charge on any atom is 0.138 e. The highest BCUT2D eigenvalue weighted by molar-refractivity contribution is 5.34. The molecule has 3 N–H and O–H groups in total. The van der Waals surface area contributed by atoms with Gasteiger partial charge in [-0.2, -0.15) is 5.06 Å². The Hall–Kier alpha value is -2.79. The fourth-order valence-corrected chi connectivity index (χ4v) is 5.45. The van der Waals surface area contributed by atoms with Crippen LogP contribution in [0.1, 0.15) is 69.2 Å². The van der Waals surface area contributed by atoms with Gasteiger partial charge >= 0.3 is 0 Å². The molecular weight excluding hydrogens is 490 g/mol. The lowest BCUT2D eigenvalue weighted by molar-refractivity contribution is -0.117. The highest BCUT2D eigenvalue weighted by Crippen LogP contribution is 2.40. The molecule has 206 valence electrons. The number of benzene rings is 2. The van der Waals surface area contributed by atoms with E-state index >= 15 is 0 Å². The van der Waals surface area contributed by atoms with Gasteiger partial charge in [0.15, 0.2) is 0 Å². The molecule has 4 rings (SSSR count). The largest absolute Gasteiger partial charge is 0.390 e. The molecule has 1 fully saturated rings. The number of hydrogen-bond donors (Lipinski definition) is 3. The molecule has 3 aromatic rings. The zero-order valence-electron chi connectivity index (χ0n) is 22.5. The summed E-state index contributed by atoms with van der Waals surface area (Å²) in [6.07, 6.45) is 3.71. The Balaban J connectivity index is 1.59. The highest BCUT2D eigenvalue weighted by Gasteiger charge is 2.39. The van der Waals surface area contributed by atoms with E-state index in [1.54, 1.807) is 7.05 Å². The number of hydrogen-bond acceptors (Lipinski definition) is 7. The summed E-state index contributed by atoms with van der Waals surface area (Å²) in [6, 6.07) is 11.3. The van der Waals surface area contributed by atoms with Crippen LogP contribution in [-0.4, -0.2) is 61.3 Å². The van der Waals surface area contributed by atoms with Gasteiger partial charge in [-0.15, -0.1) is 5.10 Å². The van der Waals surface area contributed by atoms with Crippen LogP contribution in [0.4, 0.5) is 8.78 Å². The predicted molar refractivity (Wildman–Crippen MR) is 140 cm³/mol. The van der Waals surface area contributed by atoms with Crippen LogP contribution >= 0.6 is 0 Å². The van der Waals surface area contributed by atoms with Crippen molar-refractivity contribution in [1.82, 2.24) is 30.6 Å². The second-order valence-electron chi connectivity index (χ2n) is 11.5. The lowest BCUT2D eigenvalue weighted by Gasteiger charge is -2.44. The maximum atomic E-state index is 13.9. The molecule has 38 heavy (non-hydrogen) atoms. The number of nitrogens with one attached hydrogen (secondary N) is 1. The van der Waals surface area contributed by atoms with Crippen molar-refractivity contribution < 1.29 is 19.1 Å². The minimum Gasteiger partial charge on any atom is -0.390 e. The Morgan fingerprint density at radius 2 is 1.82 bits per heavy atom. The van der Waals surface area contributed by atoms with Gasteiger partial charge in [0.25, 0.3) is 0 Å². The summed E-state index contributed by atoms with van der Waals surface area (Å²) in [5.41, 5.74) is 2.33. The molecule has 1 heterocycles. The Bertz CT molecular complexity index is 1170. The van der Waals surface area contributed by atoms with Crippen LogP contribution in [0.2, 0.25) is 0 Å². The van der Waals surface area contributed by atoms with Crippen LogP contribution in [-0.2, 0) is 17.4 Å². The van der Waals surface area contributed by atoms with E-state index in [1.165, 1.54) is 33.8 Å². The monoisotopic (exact) mass is 528 g/mol. The van der Waals surface area contributed by atoms with Crippen molar-refractivity contribution in [2.45, 2.75) is 82.0 Å². The first kappa shape index (κ1) is 28.2. The van der Waals surface area contributed by atoms with Gasteiger partial charge in [-0.25, -0.2) is 13.5 Å². The summed E-state index contributed by atoms with van der Waals surface area (Å²) in [5.74, 6) is -1.35. The summed E-state index contributed by atoms with van der Waals surface area (Å²) >= 11 is 0. The molecule has 0 amide bonds. The zero-order valence-corrected chi connectivity index (χ0v) is 22.5. The Morgan fingerprint density at radius 3 is 2.39 bits per heavy atom. The van der Waals surface area contributed by atoms with Gasteiger partial charge in [-0.05, 0) is 76.8 Å². The van der Waals surface area contributed by atoms with E-state index in [4.69, 9.17) is 0 Å². The van der Waals surface area contributed by atoms with Crippen molar-refractivity contribution in [2.75, 3.05) is 13.6 Å². The first-order valence-corrected chi connectivity index (χ1v) is 13.1. The molecule has 1 saturated carbocycles. The maximum absolute atomic E-state index is 13.9. The molecule has 2 unspecified atom stereocenters. The third-order valence-electron chi connectivity index (χ3n) is 7.78. The van der Waals surface area contributed by atoms with Crippen LogP contribution in [0.25, 0.3) is 0 Å². The van der Waals surface area contributed by atoms with Crippen molar-refractivity contribution in [3.63, 3.8) is 0 Å². The Labute approximate surface area is 222 Å². The van der Waals surface area contributed by atoms with Crippen molar-refractivity contribution in [3.8, 4) is 0 Å². The molecule has 0 saturated heterocycles. The first-order valence-electron chi connectivity index (χ1n) is 13.1. The van der Waals surface area contributed by atoms with Crippen molar-refractivity contribution in [2.24, 2.45) is 0 Å². The molecule has 8 nitrogen and oxygen atoms in total. The highest BCUT2D eigenvalue weighted by atomic mass is 19.1. The van der Waals surface area contributed by atoms with Crippen LogP contribution in [0.3, 0.4) is 0 Å². The summed E-state index contributed by atoms with van der Waals surface area (Å²) in [4.78, 5) is 0. The molecular formula is C28H38F2N6O2. The standard InChI is InChI=1S/C28H38F2N6O2/c1-27(2,3)20-6-5-7-21(15-20)28(10-8-24(9-11-28)35(4)38)31-17-26(37)25(36-18-32-33-34-36)14-19-12-22(29)16-23(30)13-19/h5-7,12-13,15-16,18,24-26,31,37-38H,8-11,14,17H2,1-4H3. The molecule has 2 aromatic carbocycles. The van der Waals surface area contributed by atoms with E-state index in [9.17, 15) is 19.1 Å². The number of nitrogens with zero attached hydrogens (tertiary/aromatic N) is 5. The number of aliphatic hydroxyl groups is 1. The molecule has 2 atom stereocenters. The zero-order chi connectivity index (χ0) is 27.5. The van der Waals surface area contributed by atoms with Gasteiger partial charge in [-0.1, -0.05) is 45.0 Å². The first-order chi connectivity index (χ1) is 18.0. The van der Waals surface area contributed by atoms with Gasteiger partial charge in [0.2, 0.25) is 0 Å². The lowest BCUT2D eigenvalue weighted by atomic mass is 9.73. The molecule has 0 bridgehead atoms. The van der Waals surface area contributed by atoms with Gasteiger partial charge in [0, 0.05) is 31.2 Å². The van der Waals surface area contributed by atoms with Crippen LogP contribution in [0, 0.1) is 11.6 Å². The van der Waals surface area contributed by atoms with E-state index < -0.39 is 29.3 Å². The third kappa shape index (κ3) is 6.61. The van der Waals surface area contributed by atoms with Crippen molar-refractivity contribution >= 4 is 0 Å². The Morgan fingerprint density at radius 1 is 1.13 bits per heavy atom. The summed E-state index contributed by atoms with van der Waals surface area (Å²) in [7, 11) is 1.68. The van der Waals surface area contributed by atoms with Crippen LogP contribution in [0.5, 0.6) is 0 Å². The number of hydroxylamine groups is 2. The van der Waals surface area contributed by atoms with Crippen LogP contribution < -0.4 is 5.32 Å². The third-order valence-corrected chi connectivity index (χ3v) is 7.78. The SMILES string of the molecule is CN(O)C1CCC(NCC(O)C(Cc2cc(F)cc(F)c2)n2cnnn2)(c2cccc(C(C)(C)C)c2)CC1. The topological polar surface area (TPSA) is 99.3 Å². The fourth-order valence-electron chi connectivity index (χ4n) is 5.45. The smallest absolute Gasteiger partial charge is 0.138 e. The van der Waals surface area contributed by atoms with E-state index in [0.717, 1.165) is 37.3 Å². The van der Waals surface area contributed by atoms with Crippen molar-refractivity contribution in [1.29, 1.82) is 0 Å². The minimum atomic E-state index is -0.953. The number of rotatable bonds is 9. The number of halogens is 2. The molecule has 1 aromatic heterocycles. The van der Waals surface area contributed by atoms with Gasteiger partial charge < -0.3 is 15.6 Å². The Kier molecular flexibility index (Phi) is 8.56. The summed E-state index contributed by atoms with van der Waals surface area (Å²) in [6.45, 7) is 6.75. The average Bonchev–Trinajstić information content (AvgIpc) is 3.40. The normalized spacial score (nSPS) is 22.0. The number of aromatic nitrogens is 4. The molecule has 1 aliphatic carbocycles. The quantitative estimate of drug-likeness (QED) is 0.359. The van der Waals surface area contributed by atoms with E-state index in [-0.39, 0.29) is 24.4 Å². The van der Waals surface area contributed by atoms with Gasteiger partial charge in [0.05, 0.1) is 12.1 Å². The molecule has 1 aliphatic rings. The molecule has 0 spiro atoms. The van der Waals surface area contributed by atoms with Crippen molar-refractivity contribution in [3.05, 3.63) is 77.1 Å². The average molecular weight is 529 g/mol. The van der Waals surface area contributed by atoms with Gasteiger partial charge in [0.1, 0.15) is 18.0 Å². The van der Waals surface area contributed by atoms with E-state index in [2.05, 4.69) is 65.9 Å². The lowest BCUT2D eigenvalue weighted by Crippen LogP contribution is -2.51. The molecule has 0 aliphatic heterocycles.